The third-order valence-corrected chi connectivity index (χ3v) is 12.8. The predicted molar refractivity (Wildman–Crippen MR) is 311 cm³/mol. The zero-order valence-electron chi connectivity index (χ0n) is 47.2. The fourth-order valence-corrected chi connectivity index (χ4v) is 8.37. The average Bonchev–Trinajstić information content (AvgIpc) is 3.38. The Morgan fingerprint density at radius 2 is 0.542 bits per heavy atom. The molecule has 0 radical (unpaired) electrons. The molecule has 0 aliphatic carbocycles. The Balaban J connectivity index is 4.28. The van der Waals surface area contributed by atoms with Crippen molar-refractivity contribution in [1.82, 2.24) is 0 Å². The molecule has 0 heterocycles. The van der Waals surface area contributed by atoms with Crippen molar-refractivity contribution < 1.29 is 28.6 Å². The van der Waals surface area contributed by atoms with Gasteiger partial charge in [0, 0.05) is 19.3 Å². The molecule has 72 heavy (non-hydrogen) atoms. The minimum absolute atomic E-state index is 0.0864. The van der Waals surface area contributed by atoms with Gasteiger partial charge in [0.15, 0.2) is 6.10 Å². The van der Waals surface area contributed by atoms with Gasteiger partial charge in [0.25, 0.3) is 0 Å². The molecule has 0 aromatic rings. The minimum Gasteiger partial charge on any atom is -0.462 e. The van der Waals surface area contributed by atoms with Crippen LogP contribution in [-0.4, -0.2) is 37.2 Å². The van der Waals surface area contributed by atoms with E-state index in [4.69, 9.17) is 14.2 Å². The van der Waals surface area contributed by atoms with E-state index in [1.54, 1.807) is 0 Å². The van der Waals surface area contributed by atoms with Gasteiger partial charge in [-0.2, -0.15) is 0 Å². The summed E-state index contributed by atoms with van der Waals surface area (Å²) in [6.45, 7) is 6.40. The summed E-state index contributed by atoms with van der Waals surface area (Å²) in [6.07, 6.45) is 79.8. The standard InChI is InChI=1S/C66H112O6/c1-4-7-10-13-16-19-22-25-27-28-29-30-31-32-33-34-35-36-37-38-39-42-44-47-50-53-56-59-65(68)71-62-63(61-70-64(67)58-55-52-49-46-43-40-24-21-18-15-12-9-6-3)72-66(69)60-57-54-51-48-45-41-26-23-20-17-14-11-8-5-2/h7,9-10,12,16,18-19,21,25,27,29-30,32-33,40,43,63H,4-6,8,11,13-15,17,20,22-24,26,28,31,34-39,41-42,44-62H2,1-3H3/b10-7-,12-9-,19-16-,21-18-,27-25-,30-29-,33-32-,43-40-. The molecule has 6 heteroatoms. The van der Waals surface area contributed by atoms with E-state index in [0.29, 0.717) is 19.3 Å². The Kier molecular flexibility index (Phi) is 56.8. The van der Waals surface area contributed by atoms with Crippen molar-refractivity contribution in [2.24, 2.45) is 0 Å². The number of rotatable bonds is 54. The van der Waals surface area contributed by atoms with Crippen LogP contribution in [0.25, 0.3) is 0 Å². The van der Waals surface area contributed by atoms with Crippen molar-refractivity contribution in [2.75, 3.05) is 13.2 Å². The number of unbranched alkanes of at least 4 members (excludes halogenated alkanes) is 27. The molecule has 0 saturated heterocycles. The number of ether oxygens (including phenoxy) is 3. The lowest BCUT2D eigenvalue weighted by molar-refractivity contribution is -0.167. The fourth-order valence-electron chi connectivity index (χ4n) is 8.37. The van der Waals surface area contributed by atoms with E-state index >= 15 is 0 Å². The summed E-state index contributed by atoms with van der Waals surface area (Å²) in [5.74, 6) is -0.912. The second kappa shape index (κ2) is 59.9. The van der Waals surface area contributed by atoms with Crippen LogP contribution >= 0.6 is 0 Å². The van der Waals surface area contributed by atoms with Gasteiger partial charge in [-0.15, -0.1) is 0 Å². The highest BCUT2D eigenvalue weighted by atomic mass is 16.6. The second-order valence-electron chi connectivity index (χ2n) is 19.9. The molecule has 0 rings (SSSR count). The smallest absolute Gasteiger partial charge is 0.306 e. The van der Waals surface area contributed by atoms with E-state index in [1.165, 1.54) is 128 Å². The van der Waals surface area contributed by atoms with Gasteiger partial charge in [0.1, 0.15) is 13.2 Å². The molecule has 0 bridgehead atoms. The Bertz CT molecular complexity index is 1430. The number of allylic oxidation sites excluding steroid dienone is 16. The zero-order chi connectivity index (χ0) is 52.2. The van der Waals surface area contributed by atoms with Crippen LogP contribution in [0.15, 0.2) is 97.2 Å². The summed E-state index contributed by atoms with van der Waals surface area (Å²) in [6, 6.07) is 0. The quantitative estimate of drug-likeness (QED) is 0.0261. The molecule has 0 aliphatic heterocycles. The maximum atomic E-state index is 12.9. The van der Waals surface area contributed by atoms with Crippen LogP contribution in [-0.2, 0) is 28.6 Å². The predicted octanol–water partition coefficient (Wildman–Crippen LogP) is 20.5. The monoisotopic (exact) mass is 1000 g/mol. The van der Waals surface area contributed by atoms with Gasteiger partial charge < -0.3 is 14.2 Å². The lowest BCUT2D eigenvalue weighted by Gasteiger charge is -2.18. The summed E-state index contributed by atoms with van der Waals surface area (Å²) in [5.41, 5.74) is 0. The van der Waals surface area contributed by atoms with Crippen LogP contribution in [0.2, 0.25) is 0 Å². The Labute approximate surface area is 445 Å². The van der Waals surface area contributed by atoms with Crippen molar-refractivity contribution in [3.63, 3.8) is 0 Å². The Morgan fingerprint density at radius 3 is 0.861 bits per heavy atom. The average molecular weight is 1000 g/mol. The normalized spacial score (nSPS) is 12.8. The molecule has 0 aromatic carbocycles. The molecule has 1 atom stereocenters. The van der Waals surface area contributed by atoms with Crippen LogP contribution in [0.5, 0.6) is 0 Å². The van der Waals surface area contributed by atoms with Gasteiger partial charge in [-0.3, -0.25) is 14.4 Å². The fraction of sp³-hybridized carbons (Fsp3) is 0.712. The SMILES string of the molecule is CC/C=C\C/C=C\C/C=C\C/C=C\C/C=C\CCCCCCCCCCCCCC(=O)OCC(COC(=O)CCCCC/C=C\C/C=C\C/C=C\CC)OC(=O)CCCCCCCCCCCCCCCC. The van der Waals surface area contributed by atoms with Crippen LogP contribution < -0.4 is 0 Å². The van der Waals surface area contributed by atoms with E-state index in [2.05, 4.69) is 118 Å². The van der Waals surface area contributed by atoms with E-state index in [1.807, 2.05) is 0 Å². The van der Waals surface area contributed by atoms with Gasteiger partial charge >= 0.3 is 17.9 Å². The number of esters is 3. The number of carbonyl (C=O) groups excluding carboxylic acids is 3. The zero-order valence-corrected chi connectivity index (χ0v) is 47.2. The highest BCUT2D eigenvalue weighted by Crippen LogP contribution is 2.16. The van der Waals surface area contributed by atoms with E-state index in [0.717, 1.165) is 116 Å². The van der Waals surface area contributed by atoms with E-state index in [-0.39, 0.29) is 31.1 Å². The molecular formula is C66H112O6. The third kappa shape index (κ3) is 57.2. The van der Waals surface area contributed by atoms with E-state index in [9.17, 15) is 14.4 Å². The molecular weight excluding hydrogens is 889 g/mol. The van der Waals surface area contributed by atoms with Gasteiger partial charge in [0.05, 0.1) is 0 Å². The molecule has 0 aromatic heterocycles. The van der Waals surface area contributed by atoms with Crippen LogP contribution in [0.1, 0.15) is 284 Å². The van der Waals surface area contributed by atoms with Gasteiger partial charge in [-0.25, -0.2) is 0 Å². The Morgan fingerprint density at radius 1 is 0.292 bits per heavy atom. The van der Waals surface area contributed by atoms with E-state index < -0.39 is 6.10 Å². The first-order valence-corrected chi connectivity index (χ1v) is 30.2. The number of hydrogen-bond acceptors (Lipinski definition) is 6. The molecule has 412 valence electrons. The van der Waals surface area contributed by atoms with Crippen molar-refractivity contribution in [1.29, 1.82) is 0 Å². The summed E-state index contributed by atoms with van der Waals surface area (Å²) in [5, 5.41) is 0. The second-order valence-corrected chi connectivity index (χ2v) is 19.9. The first-order chi connectivity index (χ1) is 35.5. The topological polar surface area (TPSA) is 78.9 Å². The summed E-state index contributed by atoms with van der Waals surface area (Å²) in [7, 11) is 0. The number of hydrogen-bond donors (Lipinski definition) is 0. The number of carbonyl (C=O) groups is 3. The molecule has 0 N–H and O–H groups in total. The van der Waals surface area contributed by atoms with Gasteiger partial charge in [0.2, 0.25) is 0 Å². The molecule has 0 amide bonds. The van der Waals surface area contributed by atoms with Crippen molar-refractivity contribution in [2.45, 2.75) is 290 Å². The molecule has 0 spiro atoms. The van der Waals surface area contributed by atoms with Crippen LogP contribution in [0.3, 0.4) is 0 Å². The first kappa shape index (κ1) is 68.3. The van der Waals surface area contributed by atoms with Crippen molar-refractivity contribution in [3.8, 4) is 0 Å². The lowest BCUT2D eigenvalue weighted by atomic mass is 10.0. The van der Waals surface area contributed by atoms with Gasteiger partial charge in [-0.05, 0) is 96.3 Å². The van der Waals surface area contributed by atoms with Crippen LogP contribution in [0.4, 0.5) is 0 Å². The maximum Gasteiger partial charge on any atom is 0.306 e. The third-order valence-electron chi connectivity index (χ3n) is 12.8. The summed E-state index contributed by atoms with van der Waals surface area (Å²) >= 11 is 0. The molecule has 6 nitrogen and oxygen atoms in total. The van der Waals surface area contributed by atoms with Crippen molar-refractivity contribution in [3.05, 3.63) is 97.2 Å². The molecule has 0 fully saturated rings. The molecule has 0 aliphatic rings. The van der Waals surface area contributed by atoms with Crippen molar-refractivity contribution >= 4 is 17.9 Å². The summed E-state index contributed by atoms with van der Waals surface area (Å²) in [4.78, 5) is 38.2. The lowest BCUT2D eigenvalue weighted by Crippen LogP contribution is -2.30. The highest BCUT2D eigenvalue weighted by molar-refractivity contribution is 5.71. The Hall–Kier alpha value is -3.67. The molecule has 0 saturated carbocycles. The largest absolute Gasteiger partial charge is 0.462 e. The molecule has 1 unspecified atom stereocenters. The maximum absolute atomic E-state index is 12.9. The van der Waals surface area contributed by atoms with Crippen LogP contribution in [0, 0.1) is 0 Å². The highest BCUT2D eigenvalue weighted by Gasteiger charge is 2.19. The van der Waals surface area contributed by atoms with Gasteiger partial charge in [-0.1, -0.05) is 266 Å². The first-order valence-electron chi connectivity index (χ1n) is 30.2. The minimum atomic E-state index is -0.789. The summed E-state index contributed by atoms with van der Waals surface area (Å²) < 4.78 is 16.9.